The van der Waals surface area contributed by atoms with Gasteiger partial charge in [0.2, 0.25) is 0 Å². The zero-order chi connectivity index (χ0) is 38.2. The van der Waals surface area contributed by atoms with Crippen molar-refractivity contribution in [1.82, 2.24) is 19.9 Å². The summed E-state index contributed by atoms with van der Waals surface area (Å²) >= 11 is 0. The van der Waals surface area contributed by atoms with Gasteiger partial charge in [0.15, 0.2) is 0 Å². The molecule has 0 saturated heterocycles. The number of nitrogens with zero attached hydrogens (tertiary/aromatic N) is 6. The Kier molecular flexibility index (Phi) is 8.19. The zero-order valence-corrected chi connectivity index (χ0v) is 29.5. The third-order valence-corrected chi connectivity index (χ3v) is 9.88. The predicted octanol–water partition coefficient (Wildman–Crippen LogP) is 10.8. The monoisotopic (exact) mass is 714 g/mol. The van der Waals surface area contributed by atoms with Crippen molar-refractivity contribution in [3.63, 3.8) is 0 Å². The second kappa shape index (κ2) is 13.8. The van der Waals surface area contributed by atoms with Crippen molar-refractivity contribution in [2.45, 2.75) is 0 Å². The summed E-state index contributed by atoms with van der Waals surface area (Å²) in [4.78, 5) is 17.9. The highest BCUT2D eigenvalue weighted by Crippen LogP contribution is 2.39. The molecule has 7 aromatic rings. The van der Waals surface area contributed by atoms with E-state index < -0.39 is 0 Å². The van der Waals surface area contributed by atoms with Gasteiger partial charge in [0.1, 0.15) is 0 Å². The molecule has 2 aliphatic heterocycles. The van der Waals surface area contributed by atoms with E-state index in [1.807, 2.05) is 121 Å². The molecule has 0 amide bonds. The molecule has 0 saturated carbocycles. The molecular weight excluding hydrogens is 689 g/mol. The first-order valence-corrected chi connectivity index (χ1v) is 17.7. The molecule has 0 fully saturated rings. The summed E-state index contributed by atoms with van der Waals surface area (Å²) in [5.41, 5.74) is 14.2. The molecule has 0 radical (unpaired) electrons. The molecule has 0 aliphatic carbocycles. The van der Waals surface area contributed by atoms with Crippen LogP contribution in [0.4, 0.5) is 0 Å². The molecule has 56 heavy (non-hydrogen) atoms. The fraction of sp³-hybridized carbons (Fsp3) is 0. The minimum Gasteiger partial charge on any atom is -0.354 e. The summed E-state index contributed by atoms with van der Waals surface area (Å²) in [6.07, 6.45) is 7.88. The number of benzene rings is 4. The van der Waals surface area contributed by atoms with Crippen LogP contribution in [0.1, 0.15) is 45.0 Å². The second-order valence-corrected chi connectivity index (χ2v) is 13.3. The van der Waals surface area contributed by atoms with Gasteiger partial charge in [-0.25, -0.2) is 9.97 Å². The number of fused-ring (bicyclic) bond motifs is 8. The normalized spacial score (nSPS) is 11.4. The highest BCUT2D eigenvalue weighted by molar-refractivity contribution is 6.00. The minimum atomic E-state index is 0.515. The number of aromatic amines is 2. The van der Waals surface area contributed by atoms with Gasteiger partial charge in [-0.3, -0.25) is 0 Å². The van der Waals surface area contributed by atoms with E-state index in [0.29, 0.717) is 45.0 Å². The van der Waals surface area contributed by atoms with Crippen LogP contribution in [0.2, 0.25) is 0 Å². The lowest BCUT2D eigenvalue weighted by Gasteiger charge is -2.07. The molecule has 5 heterocycles. The fourth-order valence-electron chi connectivity index (χ4n) is 7.40. The van der Waals surface area contributed by atoms with Crippen LogP contribution in [0.15, 0.2) is 121 Å². The van der Waals surface area contributed by atoms with Gasteiger partial charge in [0.25, 0.3) is 0 Å². The van der Waals surface area contributed by atoms with E-state index >= 15 is 0 Å². The van der Waals surface area contributed by atoms with Gasteiger partial charge in [-0.1, -0.05) is 48.5 Å². The van der Waals surface area contributed by atoms with Gasteiger partial charge in [-0.2, -0.15) is 21.0 Å². The number of nitrogens with one attached hydrogen (secondary N) is 2. The Bertz CT molecular complexity index is 2780. The first kappa shape index (κ1) is 33.3. The molecule has 0 atom stereocenters. The molecule has 0 unspecified atom stereocenters. The topological polar surface area (TPSA) is 153 Å². The largest absolute Gasteiger partial charge is 0.354 e. The highest BCUT2D eigenvalue weighted by Gasteiger charge is 2.19. The number of H-pyrrole nitrogens is 2. The Balaban J connectivity index is 1.49. The molecule has 8 nitrogen and oxygen atoms in total. The van der Waals surface area contributed by atoms with Crippen molar-refractivity contribution < 1.29 is 0 Å². The summed E-state index contributed by atoms with van der Waals surface area (Å²) in [7, 11) is 0. The molecule has 3 aromatic heterocycles. The summed E-state index contributed by atoms with van der Waals surface area (Å²) in [6.45, 7) is 0. The molecule has 9 rings (SSSR count). The van der Waals surface area contributed by atoms with Crippen LogP contribution < -0.4 is 0 Å². The minimum absolute atomic E-state index is 0.515. The van der Waals surface area contributed by atoms with E-state index in [2.05, 4.69) is 34.2 Å². The van der Waals surface area contributed by atoms with Gasteiger partial charge in [0.05, 0.1) is 69.3 Å². The van der Waals surface area contributed by atoms with Crippen LogP contribution >= 0.6 is 0 Å². The maximum absolute atomic E-state index is 9.87. The molecule has 258 valence electrons. The van der Waals surface area contributed by atoms with Gasteiger partial charge < -0.3 is 9.97 Å². The summed E-state index contributed by atoms with van der Waals surface area (Å²) in [5.74, 6) is 0. The predicted molar refractivity (Wildman–Crippen MR) is 219 cm³/mol. The Morgan fingerprint density at radius 1 is 0.339 bits per heavy atom. The van der Waals surface area contributed by atoms with Crippen LogP contribution in [-0.2, 0) is 0 Å². The lowest BCUT2D eigenvalue weighted by Crippen LogP contribution is -1.90. The Hall–Kier alpha value is -8.56. The lowest BCUT2D eigenvalue weighted by atomic mass is 10.0. The van der Waals surface area contributed by atoms with Crippen molar-refractivity contribution in [2.24, 2.45) is 0 Å². The van der Waals surface area contributed by atoms with Gasteiger partial charge in [-0.15, -0.1) is 0 Å². The van der Waals surface area contributed by atoms with E-state index in [4.69, 9.17) is 9.97 Å². The lowest BCUT2D eigenvalue weighted by molar-refractivity contribution is 1.31. The maximum Gasteiger partial charge on any atom is 0.0991 e. The van der Waals surface area contributed by atoms with E-state index in [9.17, 15) is 21.0 Å². The van der Waals surface area contributed by atoms with Gasteiger partial charge in [0, 0.05) is 44.3 Å². The van der Waals surface area contributed by atoms with E-state index in [1.54, 1.807) is 24.3 Å². The molecule has 2 aliphatic rings. The Morgan fingerprint density at radius 2 is 0.589 bits per heavy atom. The first-order valence-electron chi connectivity index (χ1n) is 17.7. The zero-order valence-electron chi connectivity index (χ0n) is 29.5. The number of nitriles is 4. The van der Waals surface area contributed by atoms with Crippen LogP contribution in [0.3, 0.4) is 0 Å². The molecule has 8 bridgehead atoms. The molecular formula is C48H26N8. The van der Waals surface area contributed by atoms with E-state index in [-0.39, 0.29) is 0 Å². The fourth-order valence-corrected chi connectivity index (χ4v) is 7.40. The van der Waals surface area contributed by atoms with Crippen molar-refractivity contribution in [3.05, 3.63) is 166 Å². The number of hydrogen-bond acceptors (Lipinski definition) is 6. The summed E-state index contributed by atoms with van der Waals surface area (Å²) < 4.78 is 0. The number of aromatic nitrogens is 4. The van der Waals surface area contributed by atoms with Crippen LogP contribution in [0, 0.1) is 45.3 Å². The second-order valence-electron chi connectivity index (χ2n) is 13.3. The summed E-state index contributed by atoms with van der Waals surface area (Å²) in [5, 5.41) is 39.5. The van der Waals surface area contributed by atoms with E-state index in [1.165, 1.54) is 0 Å². The maximum atomic E-state index is 9.87. The average molecular weight is 715 g/mol. The standard InChI is InChI=1S/C48H26N8/c49-25-29-5-1-9-33(21-29)45-37-13-15-39(53-37)46(34-10-2-6-30(22-34)26-50)41-17-19-43(55-41)48(36-12-4-8-32(24-36)28-52)44-20-18-42(56-44)47(40-16-14-38(45)54-40)35-11-3-7-31(23-35)27-51/h1-24,53,56H. The molecule has 4 aromatic carbocycles. The number of rotatable bonds is 4. The molecule has 2 N–H and O–H groups in total. The van der Waals surface area contributed by atoms with Crippen molar-refractivity contribution in [1.29, 1.82) is 21.0 Å². The SMILES string of the molecule is N#Cc1cccc(-c2c3nc(c(-c4cccc(C#N)c4)c4ccc([nH]4)c(-c4cccc(C#N)c4)c4nc(c(-c5cccc(C#N)c5)c5ccc2[nH]5)C=C4)C=C3)c1. The molecule has 8 heteroatoms. The summed E-state index contributed by atoms with van der Waals surface area (Å²) in [6, 6.07) is 46.9. The first-order chi connectivity index (χ1) is 27.5. The van der Waals surface area contributed by atoms with E-state index in [0.717, 1.165) is 66.6 Å². The quantitative estimate of drug-likeness (QED) is 0.185. The van der Waals surface area contributed by atoms with Gasteiger partial charge in [-0.05, 0) is 119 Å². The van der Waals surface area contributed by atoms with Crippen molar-refractivity contribution >= 4 is 46.4 Å². The van der Waals surface area contributed by atoms with Crippen LogP contribution in [0.5, 0.6) is 0 Å². The molecule has 0 spiro atoms. The van der Waals surface area contributed by atoms with Gasteiger partial charge >= 0.3 is 0 Å². The third kappa shape index (κ3) is 5.89. The van der Waals surface area contributed by atoms with Crippen molar-refractivity contribution in [3.8, 4) is 68.8 Å². The van der Waals surface area contributed by atoms with Crippen LogP contribution in [-0.4, -0.2) is 19.9 Å². The average Bonchev–Trinajstić information content (AvgIpc) is 4.09. The highest BCUT2D eigenvalue weighted by atomic mass is 14.8. The Labute approximate surface area is 321 Å². The number of hydrogen-bond donors (Lipinski definition) is 2. The van der Waals surface area contributed by atoms with Crippen molar-refractivity contribution in [2.75, 3.05) is 0 Å². The Morgan fingerprint density at radius 3 is 0.821 bits per heavy atom. The van der Waals surface area contributed by atoms with Crippen LogP contribution in [0.25, 0.3) is 90.9 Å². The smallest absolute Gasteiger partial charge is 0.0991 e. The third-order valence-electron chi connectivity index (χ3n) is 9.88.